The number of rotatable bonds is 9. The molecule has 1 fully saturated rings. The minimum Gasteiger partial charge on any atom is -0.356 e. The smallest absolute Gasteiger partial charge is 0.243 e. The lowest BCUT2D eigenvalue weighted by Crippen LogP contribution is -2.43. The molecule has 25 heavy (non-hydrogen) atoms. The van der Waals surface area contributed by atoms with Crippen molar-refractivity contribution >= 4 is 35.8 Å². The molecule has 0 aromatic carbocycles. The Labute approximate surface area is 171 Å². The Bertz CT molecular complexity index is 384. The molecule has 2 N–H and O–H groups in total. The molecule has 1 aliphatic heterocycles. The number of nitrogens with zero attached hydrogens (tertiary/aromatic N) is 3. The molecule has 0 spiro atoms. The Morgan fingerprint density at radius 1 is 1.16 bits per heavy atom. The Kier molecular flexibility index (Phi) is 14.3. The zero-order chi connectivity index (χ0) is 17.8. The molecule has 1 unspecified atom stereocenters. The highest BCUT2D eigenvalue weighted by molar-refractivity contribution is 14.0. The summed E-state index contributed by atoms with van der Waals surface area (Å²) in [4.78, 5) is 20.3. The summed E-state index contributed by atoms with van der Waals surface area (Å²) < 4.78 is 0. The van der Waals surface area contributed by atoms with Gasteiger partial charge in [-0.2, -0.15) is 0 Å². The fraction of sp³-hybridized carbons (Fsp3) is 0.889. The minimum atomic E-state index is 0. The van der Waals surface area contributed by atoms with Crippen LogP contribution in [0, 0.1) is 0 Å². The van der Waals surface area contributed by atoms with Gasteiger partial charge in [0.15, 0.2) is 5.96 Å². The number of carbonyl (C=O) groups excluding carboxylic acids is 1. The monoisotopic (exact) mass is 467 g/mol. The van der Waals surface area contributed by atoms with Crippen LogP contribution in [0.5, 0.6) is 0 Å². The first-order chi connectivity index (χ1) is 11.5. The van der Waals surface area contributed by atoms with Crippen molar-refractivity contribution in [2.75, 3.05) is 46.8 Å². The zero-order valence-electron chi connectivity index (χ0n) is 16.5. The SMILES string of the molecule is CCCCNC(=NCC(=O)N(C)C)NCCC(C)N1CCCCC1.I. The Morgan fingerprint density at radius 2 is 1.80 bits per heavy atom. The second-order valence-corrected chi connectivity index (χ2v) is 6.89. The molecule has 1 aliphatic rings. The molecule has 0 aliphatic carbocycles. The Balaban J connectivity index is 0.00000576. The quantitative estimate of drug-likeness (QED) is 0.237. The van der Waals surface area contributed by atoms with Gasteiger partial charge in [-0.1, -0.05) is 19.8 Å². The van der Waals surface area contributed by atoms with Crippen LogP contribution in [-0.2, 0) is 4.79 Å². The van der Waals surface area contributed by atoms with Gasteiger partial charge >= 0.3 is 0 Å². The lowest BCUT2D eigenvalue weighted by Gasteiger charge is -2.32. The van der Waals surface area contributed by atoms with E-state index < -0.39 is 0 Å². The van der Waals surface area contributed by atoms with Gasteiger partial charge in [-0.15, -0.1) is 24.0 Å². The molecule has 1 amide bonds. The van der Waals surface area contributed by atoms with E-state index in [1.807, 2.05) is 0 Å². The third-order valence-corrected chi connectivity index (χ3v) is 4.56. The second kappa shape index (κ2) is 14.6. The van der Waals surface area contributed by atoms with Gasteiger partial charge in [0.25, 0.3) is 0 Å². The van der Waals surface area contributed by atoms with Crippen molar-refractivity contribution in [1.29, 1.82) is 0 Å². The molecule has 1 saturated heterocycles. The summed E-state index contributed by atoms with van der Waals surface area (Å²) in [5, 5.41) is 6.71. The molecule has 7 heteroatoms. The summed E-state index contributed by atoms with van der Waals surface area (Å²) in [6, 6.07) is 0.595. The van der Waals surface area contributed by atoms with Gasteiger partial charge < -0.3 is 20.4 Å². The maximum atomic E-state index is 11.7. The summed E-state index contributed by atoms with van der Waals surface area (Å²) in [6.07, 6.45) is 7.37. The van der Waals surface area contributed by atoms with E-state index in [-0.39, 0.29) is 36.4 Å². The Hall–Kier alpha value is -0.570. The zero-order valence-corrected chi connectivity index (χ0v) is 18.8. The predicted octanol–water partition coefficient (Wildman–Crippen LogP) is 2.29. The van der Waals surface area contributed by atoms with Crippen LogP contribution in [0.25, 0.3) is 0 Å². The van der Waals surface area contributed by atoms with E-state index in [2.05, 4.69) is 34.4 Å². The van der Waals surface area contributed by atoms with Crippen molar-refractivity contribution in [3.63, 3.8) is 0 Å². The standard InChI is InChI=1S/C18H37N5O.HI/c1-5-6-11-19-18(21-15-17(24)22(3)4)20-12-10-16(2)23-13-8-7-9-14-23;/h16H,5-15H2,1-4H3,(H2,19,20,21);1H. The number of unbranched alkanes of at least 4 members (excludes halogenated alkanes) is 1. The highest BCUT2D eigenvalue weighted by atomic mass is 127. The average Bonchev–Trinajstić information content (AvgIpc) is 2.59. The highest BCUT2D eigenvalue weighted by Gasteiger charge is 2.16. The number of carbonyl (C=O) groups is 1. The van der Waals surface area contributed by atoms with Gasteiger partial charge in [-0.25, -0.2) is 4.99 Å². The number of hydrogen-bond acceptors (Lipinski definition) is 3. The lowest BCUT2D eigenvalue weighted by atomic mass is 10.1. The number of likely N-dealkylation sites (tertiary alicyclic amines) is 1. The number of halogens is 1. The van der Waals surface area contributed by atoms with E-state index >= 15 is 0 Å². The third kappa shape index (κ3) is 10.9. The highest BCUT2D eigenvalue weighted by Crippen LogP contribution is 2.13. The molecule has 6 nitrogen and oxygen atoms in total. The number of amides is 1. The predicted molar refractivity (Wildman–Crippen MR) is 117 cm³/mol. The van der Waals surface area contributed by atoms with Crippen LogP contribution in [0.15, 0.2) is 4.99 Å². The fourth-order valence-corrected chi connectivity index (χ4v) is 2.79. The number of aliphatic imine (C=N–C) groups is 1. The summed E-state index contributed by atoms with van der Waals surface area (Å²) in [7, 11) is 3.52. The minimum absolute atomic E-state index is 0. The average molecular weight is 467 g/mol. The van der Waals surface area contributed by atoms with Crippen molar-refractivity contribution in [2.24, 2.45) is 4.99 Å². The summed E-state index contributed by atoms with van der Waals surface area (Å²) in [5.74, 6) is 0.776. The van der Waals surface area contributed by atoms with E-state index in [1.54, 1.807) is 19.0 Å². The van der Waals surface area contributed by atoms with E-state index in [0.717, 1.165) is 38.3 Å². The first-order valence-corrected chi connectivity index (χ1v) is 9.51. The number of guanidine groups is 1. The summed E-state index contributed by atoms with van der Waals surface area (Å²) in [6.45, 7) is 8.90. The molecule has 0 bridgehead atoms. The number of nitrogens with one attached hydrogen (secondary N) is 2. The van der Waals surface area contributed by atoms with Crippen LogP contribution in [-0.4, -0.2) is 74.5 Å². The molecule has 1 heterocycles. The maximum absolute atomic E-state index is 11.7. The summed E-state index contributed by atoms with van der Waals surface area (Å²) in [5.41, 5.74) is 0. The molecular formula is C18H38IN5O. The summed E-state index contributed by atoms with van der Waals surface area (Å²) >= 11 is 0. The fourth-order valence-electron chi connectivity index (χ4n) is 2.79. The molecule has 0 saturated carbocycles. The first kappa shape index (κ1) is 24.4. The van der Waals surface area contributed by atoms with Gasteiger partial charge in [-0.3, -0.25) is 4.79 Å². The maximum Gasteiger partial charge on any atom is 0.243 e. The molecule has 148 valence electrons. The third-order valence-electron chi connectivity index (χ3n) is 4.56. The van der Waals surface area contributed by atoms with Crippen molar-refractivity contribution in [2.45, 2.75) is 58.4 Å². The molecular weight excluding hydrogens is 429 g/mol. The van der Waals surface area contributed by atoms with E-state index in [1.165, 1.54) is 32.4 Å². The van der Waals surface area contributed by atoms with Gasteiger partial charge in [0, 0.05) is 33.2 Å². The number of likely N-dealkylation sites (N-methyl/N-ethyl adjacent to an activating group) is 1. The molecule has 0 aromatic rings. The van der Waals surface area contributed by atoms with Crippen LogP contribution in [0.3, 0.4) is 0 Å². The van der Waals surface area contributed by atoms with E-state index in [0.29, 0.717) is 6.04 Å². The van der Waals surface area contributed by atoms with Crippen molar-refractivity contribution < 1.29 is 4.79 Å². The van der Waals surface area contributed by atoms with Crippen LogP contribution in [0.4, 0.5) is 0 Å². The van der Waals surface area contributed by atoms with Gasteiger partial charge in [0.1, 0.15) is 6.54 Å². The largest absolute Gasteiger partial charge is 0.356 e. The van der Waals surface area contributed by atoms with Crippen LogP contribution < -0.4 is 10.6 Å². The van der Waals surface area contributed by atoms with Crippen molar-refractivity contribution in [1.82, 2.24) is 20.4 Å². The lowest BCUT2D eigenvalue weighted by molar-refractivity contribution is -0.127. The normalized spacial score (nSPS) is 16.7. The topological polar surface area (TPSA) is 60.0 Å². The molecule has 1 atom stereocenters. The van der Waals surface area contributed by atoms with Gasteiger partial charge in [0.05, 0.1) is 0 Å². The van der Waals surface area contributed by atoms with E-state index in [9.17, 15) is 4.79 Å². The molecule has 0 radical (unpaired) electrons. The second-order valence-electron chi connectivity index (χ2n) is 6.89. The van der Waals surface area contributed by atoms with Crippen molar-refractivity contribution in [3.8, 4) is 0 Å². The number of piperidine rings is 1. The van der Waals surface area contributed by atoms with Crippen LogP contribution >= 0.6 is 24.0 Å². The van der Waals surface area contributed by atoms with Gasteiger partial charge in [0.2, 0.25) is 5.91 Å². The number of hydrogen-bond donors (Lipinski definition) is 2. The van der Waals surface area contributed by atoms with E-state index in [4.69, 9.17) is 0 Å². The van der Waals surface area contributed by atoms with Crippen LogP contribution in [0.1, 0.15) is 52.4 Å². The van der Waals surface area contributed by atoms with Gasteiger partial charge in [-0.05, 0) is 45.7 Å². The Morgan fingerprint density at radius 3 is 2.40 bits per heavy atom. The van der Waals surface area contributed by atoms with Crippen LogP contribution in [0.2, 0.25) is 0 Å². The van der Waals surface area contributed by atoms with Crippen molar-refractivity contribution in [3.05, 3.63) is 0 Å². The first-order valence-electron chi connectivity index (χ1n) is 9.51. The molecule has 1 rings (SSSR count). The molecule has 0 aromatic heterocycles.